The van der Waals surface area contributed by atoms with Gasteiger partial charge in [-0.1, -0.05) is 17.7 Å². The molecule has 0 saturated carbocycles. The number of aromatic amines is 1. The van der Waals surface area contributed by atoms with E-state index in [0.717, 1.165) is 11.3 Å². The van der Waals surface area contributed by atoms with E-state index < -0.39 is 22.5 Å². The highest BCUT2D eigenvalue weighted by atomic mass is 35.5. The Morgan fingerprint density at radius 3 is 2.42 bits per heavy atom. The first-order chi connectivity index (χ1) is 15.5. The van der Waals surface area contributed by atoms with Crippen LogP contribution in [0.3, 0.4) is 0 Å². The van der Waals surface area contributed by atoms with Crippen LogP contribution >= 0.6 is 11.6 Å². The van der Waals surface area contributed by atoms with E-state index in [1.807, 2.05) is 25.1 Å². The van der Waals surface area contributed by atoms with Gasteiger partial charge in [0.05, 0.1) is 13.2 Å². The molecule has 0 bridgehead atoms. The number of hydrogen-bond donors (Lipinski definition) is 2. The molecule has 1 fully saturated rings. The van der Waals surface area contributed by atoms with Crippen LogP contribution < -0.4 is 9.62 Å². The number of ether oxygens (including phenoxy) is 1. The zero-order valence-electron chi connectivity index (χ0n) is 19.2. The molecule has 1 saturated heterocycles. The number of aryl methyl sites for hydroxylation is 3. The number of aromatic nitrogens is 1. The van der Waals surface area contributed by atoms with Crippen LogP contribution in [0.1, 0.15) is 34.2 Å². The summed E-state index contributed by atoms with van der Waals surface area (Å²) in [5, 5.41) is 0.654. The number of amides is 1. The quantitative estimate of drug-likeness (QED) is 0.569. The largest absolute Gasteiger partial charge is 0.462 e. The zero-order valence-corrected chi connectivity index (χ0v) is 20.8. The summed E-state index contributed by atoms with van der Waals surface area (Å²) in [6.45, 7) is 8.68. The summed E-state index contributed by atoms with van der Waals surface area (Å²) in [4.78, 5) is 31.5. The molecule has 2 N–H and O–H groups in total. The topological polar surface area (TPSA) is 112 Å². The van der Waals surface area contributed by atoms with E-state index in [0.29, 0.717) is 42.6 Å². The normalized spacial score (nSPS) is 14.5. The number of anilines is 1. The van der Waals surface area contributed by atoms with Crippen LogP contribution in [0.4, 0.5) is 5.69 Å². The van der Waals surface area contributed by atoms with Crippen LogP contribution in [0.5, 0.6) is 0 Å². The van der Waals surface area contributed by atoms with Crippen molar-refractivity contribution in [3.63, 3.8) is 0 Å². The molecule has 3 rings (SSSR count). The number of hydrogen-bond acceptors (Lipinski definition) is 6. The van der Waals surface area contributed by atoms with Crippen molar-refractivity contribution in [3.05, 3.63) is 45.7 Å². The van der Waals surface area contributed by atoms with Crippen LogP contribution in [-0.2, 0) is 19.6 Å². The van der Waals surface area contributed by atoms with Crippen molar-refractivity contribution in [1.29, 1.82) is 0 Å². The Hall–Kier alpha value is -2.56. The molecule has 0 unspecified atom stereocenters. The van der Waals surface area contributed by atoms with Gasteiger partial charge in [0.15, 0.2) is 0 Å². The lowest BCUT2D eigenvalue weighted by Gasteiger charge is -2.37. The summed E-state index contributed by atoms with van der Waals surface area (Å²) >= 11 is 6.12. The van der Waals surface area contributed by atoms with E-state index in [9.17, 15) is 18.0 Å². The Labute approximate surface area is 199 Å². The van der Waals surface area contributed by atoms with Crippen molar-refractivity contribution in [2.24, 2.45) is 0 Å². The fourth-order valence-corrected chi connectivity index (χ4v) is 5.59. The fourth-order valence-electron chi connectivity index (χ4n) is 4.00. The van der Waals surface area contributed by atoms with Gasteiger partial charge in [-0.05, 0) is 45.4 Å². The van der Waals surface area contributed by atoms with E-state index in [4.69, 9.17) is 16.3 Å². The summed E-state index contributed by atoms with van der Waals surface area (Å²) in [6, 6.07) is 5.71. The van der Waals surface area contributed by atoms with Crippen LogP contribution in [0.15, 0.2) is 23.1 Å². The number of benzene rings is 1. The first-order valence-corrected chi connectivity index (χ1v) is 12.6. The number of nitrogens with one attached hydrogen (secondary N) is 2. The summed E-state index contributed by atoms with van der Waals surface area (Å²) in [5.74, 6) is -1.05. The molecule has 2 aromatic rings. The van der Waals surface area contributed by atoms with Gasteiger partial charge in [0, 0.05) is 48.3 Å². The Balaban J connectivity index is 1.65. The smallest absolute Gasteiger partial charge is 0.341 e. The minimum absolute atomic E-state index is 0.0418. The molecule has 1 amide bonds. The molecule has 1 aromatic heterocycles. The number of carbonyl (C=O) groups is 2. The highest BCUT2D eigenvalue weighted by molar-refractivity contribution is 7.89. The molecule has 180 valence electrons. The molecule has 2 heterocycles. The third-order valence-corrected chi connectivity index (χ3v) is 7.43. The van der Waals surface area contributed by atoms with E-state index in [1.165, 1.54) is 0 Å². The predicted molar refractivity (Wildman–Crippen MR) is 126 cm³/mol. The summed E-state index contributed by atoms with van der Waals surface area (Å²) < 4.78 is 33.3. The van der Waals surface area contributed by atoms with E-state index in [-0.39, 0.29) is 23.0 Å². The monoisotopic (exact) mass is 496 g/mol. The molecule has 0 radical (unpaired) electrons. The van der Waals surface area contributed by atoms with Crippen LogP contribution in [0.2, 0.25) is 5.02 Å². The van der Waals surface area contributed by atoms with Crippen molar-refractivity contribution >= 4 is 39.2 Å². The van der Waals surface area contributed by atoms with E-state index in [2.05, 4.69) is 14.6 Å². The number of esters is 1. The van der Waals surface area contributed by atoms with Crippen molar-refractivity contribution in [2.45, 2.75) is 32.6 Å². The third kappa shape index (κ3) is 5.51. The van der Waals surface area contributed by atoms with Gasteiger partial charge in [-0.15, -0.1) is 0 Å². The zero-order chi connectivity index (χ0) is 24.3. The van der Waals surface area contributed by atoms with E-state index in [1.54, 1.807) is 25.7 Å². The van der Waals surface area contributed by atoms with Crippen LogP contribution in [0.25, 0.3) is 0 Å². The number of nitrogens with zero attached hydrogens (tertiary/aromatic N) is 2. The lowest BCUT2D eigenvalue weighted by molar-refractivity contribution is -0.130. The molecule has 1 aromatic carbocycles. The van der Waals surface area contributed by atoms with Gasteiger partial charge in [-0.3, -0.25) is 4.79 Å². The molecule has 1 aliphatic heterocycles. The van der Waals surface area contributed by atoms with Crippen molar-refractivity contribution in [1.82, 2.24) is 14.6 Å². The van der Waals surface area contributed by atoms with Gasteiger partial charge in [-0.25, -0.2) is 17.9 Å². The number of rotatable bonds is 7. The van der Waals surface area contributed by atoms with Gasteiger partial charge in [0.1, 0.15) is 10.5 Å². The molecular weight excluding hydrogens is 468 g/mol. The second kappa shape index (κ2) is 10.1. The van der Waals surface area contributed by atoms with Gasteiger partial charge in [0.25, 0.3) is 0 Å². The minimum atomic E-state index is -4.12. The second-order valence-corrected chi connectivity index (χ2v) is 10.1. The van der Waals surface area contributed by atoms with Crippen LogP contribution in [-0.4, -0.2) is 69.5 Å². The van der Waals surface area contributed by atoms with Gasteiger partial charge >= 0.3 is 5.97 Å². The number of sulfonamides is 1. The lowest BCUT2D eigenvalue weighted by Crippen LogP contribution is -2.51. The summed E-state index contributed by atoms with van der Waals surface area (Å²) in [5.41, 5.74) is 2.78. The van der Waals surface area contributed by atoms with Gasteiger partial charge < -0.3 is 19.5 Å². The number of carbonyl (C=O) groups excluding carboxylic acids is 2. The summed E-state index contributed by atoms with van der Waals surface area (Å²) in [7, 11) is -4.12. The molecule has 0 atom stereocenters. The van der Waals surface area contributed by atoms with Crippen molar-refractivity contribution < 1.29 is 22.7 Å². The highest BCUT2D eigenvalue weighted by Crippen LogP contribution is 2.26. The molecule has 0 spiro atoms. The number of H-pyrrole nitrogens is 1. The van der Waals surface area contributed by atoms with Crippen molar-refractivity contribution in [3.8, 4) is 0 Å². The molecule has 0 aliphatic carbocycles. The molecular formula is C22H29ClN4O5S. The van der Waals surface area contributed by atoms with Gasteiger partial charge in [-0.2, -0.15) is 0 Å². The average Bonchev–Trinajstić information content (AvgIpc) is 3.08. The maximum absolute atomic E-state index is 13.0. The molecule has 33 heavy (non-hydrogen) atoms. The summed E-state index contributed by atoms with van der Waals surface area (Å²) in [6.07, 6.45) is 0. The maximum atomic E-state index is 13.0. The molecule has 11 heteroatoms. The third-order valence-electron chi connectivity index (χ3n) is 5.62. The standard InChI is InChI=1S/C22H29ClN4O5S/c1-5-32-22(29)20-15(3)25-16(4)21(20)33(30,31)24-13-19(28)27-10-8-26(9-11-27)18-12-17(23)7-6-14(18)2/h6-7,12,24-25H,5,8-11,13H2,1-4H3. The number of piperazine rings is 1. The molecule has 9 nitrogen and oxygen atoms in total. The first kappa shape index (κ1) is 25.1. The van der Waals surface area contributed by atoms with Crippen LogP contribution in [0, 0.1) is 20.8 Å². The molecule has 1 aliphatic rings. The van der Waals surface area contributed by atoms with E-state index >= 15 is 0 Å². The second-order valence-electron chi connectivity index (χ2n) is 7.92. The maximum Gasteiger partial charge on any atom is 0.341 e. The Bertz CT molecular complexity index is 1150. The minimum Gasteiger partial charge on any atom is -0.462 e. The van der Waals surface area contributed by atoms with Crippen molar-refractivity contribution in [2.75, 3.05) is 44.2 Å². The Morgan fingerprint density at radius 2 is 1.79 bits per heavy atom. The Morgan fingerprint density at radius 1 is 1.12 bits per heavy atom. The number of halogens is 1. The lowest BCUT2D eigenvalue weighted by atomic mass is 10.1. The Kier molecular flexibility index (Phi) is 7.71. The van der Waals surface area contributed by atoms with Gasteiger partial charge in [0.2, 0.25) is 15.9 Å². The predicted octanol–water partition coefficient (Wildman–Crippen LogP) is 2.40. The fraction of sp³-hybridized carbons (Fsp3) is 0.455. The SMILES string of the molecule is CCOC(=O)c1c(C)[nH]c(C)c1S(=O)(=O)NCC(=O)N1CCN(c2cc(Cl)ccc2C)CC1. The highest BCUT2D eigenvalue weighted by Gasteiger charge is 2.31. The average molecular weight is 497 g/mol. The first-order valence-electron chi connectivity index (χ1n) is 10.7.